The predicted molar refractivity (Wildman–Crippen MR) is 82.2 cm³/mol. The summed E-state index contributed by atoms with van der Waals surface area (Å²) in [5, 5.41) is 6.33. The van der Waals surface area contributed by atoms with E-state index in [1.165, 1.54) is 0 Å². The van der Waals surface area contributed by atoms with Crippen molar-refractivity contribution in [3.05, 3.63) is 24.3 Å². The van der Waals surface area contributed by atoms with Gasteiger partial charge in [-0.05, 0) is 38.4 Å². The fraction of sp³-hybridized carbons (Fsp3) is 0.533. The first-order valence-corrected chi connectivity index (χ1v) is 7.17. The van der Waals surface area contributed by atoms with Crippen molar-refractivity contribution in [1.82, 2.24) is 10.6 Å². The number of carbonyl (C=O) groups excluding carboxylic acids is 1. The zero-order valence-electron chi connectivity index (χ0n) is 12.0. The third-order valence-electron chi connectivity index (χ3n) is 3.74. The smallest absolute Gasteiger partial charge is 0.265 e. The maximum Gasteiger partial charge on any atom is 0.265 e. The first kappa shape index (κ1) is 15.9. The molecule has 0 aliphatic carbocycles. The molecule has 1 saturated heterocycles. The zero-order valence-corrected chi connectivity index (χ0v) is 12.8. The lowest BCUT2D eigenvalue weighted by Gasteiger charge is -2.32. The molecule has 3 unspecified atom stereocenters. The van der Waals surface area contributed by atoms with Crippen LogP contribution in [0.3, 0.4) is 0 Å². The van der Waals surface area contributed by atoms with Gasteiger partial charge >= 0.3 is 0 Å². The fourth-order valence-corrected chi connectivity index (χ4v) is 2.66. The van der Waals surface area contributed by atoms with Gasteiger partial charge in [0.05, 0.1) is 0 Å². The van der Waals surface area contributed by atoms with Gasteiger partial charge in [-0.3, -0.25) is 4.79 Å². The lowest BCUT2D eigenvalue weighted by Crippen LogP contribution is -2.54. The number of amides is 1. The molecule has 0 saturated carbocycles. The summed E-state index contributed by atoms with van der Waals surface area (Å²) in [6, 6.07) is 7.62. The fourth-order valence-electron chi connectivity index (χ4n) is 2.66. The zero-order chi connectivity index (χ0) is 13.9. The van der Waals surface area contributed by atoms with Crippen LogP contribution < -0.4 is 20.1 Å². The number of benzene rings is 1. The van der Waals surface area contributed by atoms with E-state index < -0.39 is 6.10 Å². The highest BCUT2D eigenvalue weighted by molar-refractivity contribution is 5.85. The molecule has 2 aliphatic heterocycles. The van der Waals surface area contributed by atoms with E-state index >= 15 is 0 Å². The van der Waals surface area contributed by atoms with Crippen molar-refractivity contribution >= 4 is 18.3 Å². The molecular weight excluding hydrogens is 292 g/mol. The highest BCUT2D eigenvalue weighted by Gasteiger charge is 2.34. The molecule has 0 bridgehead atoms. The minimum absolute atomic E-state index is 0. The van der Waals surface area contributed by atoms with E-state index in [0.717, 1.165) is 25.9 Å². The Labute approximate surface area is 130 Å². The largest absolute Gasteiger partial charge is 0.482 e. The van der Waals surface area contributed by atoms with Crippen LogP contribution in [0.2, 0.25) is 0 Å². The van der Waals surface area contributed by atoms with Gasteiger partial charge in [0.1, 0.15) is 6.10 Å². The molecule has 1 aromatic carbocycles. The first-order valence-electron chi connectivity index (χ1n) is 7.17. The van der Waals surface area contributed by atoms with Crippen LogP contribution in [0.1, 0.15) is 19.8 Å². The second-order valence-corrected chi connectivity index (χ2v) is 5.36. The van der Waals surface area contributed by atoms with Crippen molar-refractivity contribution in [2.75, 3.05) is 13.1 Å². The van der Waals surface area contributed by atoms with Gasteiger partial charge in [0.15, 0.2) is 11.5 Å². The maximum absolute atomic E-state index is 12.3. The van der Waals surface area contributed by atoms with Crippen molar-refractivity contribution in [3.8, 4) is 11.5 Å². The normalized spacial score (nSPS) is 27.4. The lowest BCUT2D eigenvalue weighted by atomic mass is 10.1. The molecule has 0 radical (unpaired) electrons. The van der Waals surface area contributed by atoms with Gasteiger partial charge in [0.25, 0.3) is 5.91 Å². The Morgan fingerprint density at radius 2 is 2.00 bits per heavy atom. The molecular formula is C15H21ClN2O3. The van der Waals surface area contributed by atoms with E-state index in [4.69, 9.17) is 9.47 Å². The molecule has 1 fully saturated rings. The van der Waals surface area contributed by atoms with E-state index in [2.05, 4.69) is 10.6 Å². The Hall–Kier alpha value is -1.46. The maximum atomic E-state index is 12.3. The highest BCUT2D eigenvalue weighted by atomic mass is 35.5. The second kappa shape index (κ2) is 7.00. The van der Waals surface area contributed by atoms with Crippen molar-refractivity contribution in [2.24, 2.45) is 0 Å². The highest BCUT2D eigenvalue weighted by Crippen LogP contribution is 2.33. The summed E-state index contributed by atoms with van der Waals surface area (Å²) in [4.78, 5) is 12.3. The average molecular weight is 313 g/mol. The van der Waals surface area contributed by atoms with Crippen molar-refractivity contribution in [2.45, 2.75) is 38.0 Å². The molecule has 0 aromatic heterocycles. The first-order chi connectivity index (χ1) is 9.74. The number of fused-ring (bicyclic) bond motifs is 1. The lowest BCUT2D eigenvalue weighted by molar-refractivity contribution is -0.134. The number of para-hydroxylation sites is 2. The molecule has 5 nitrogen and oxygen atoms in total. The number of hydrogen-bond acceptors (Lipinski definition) is 4. The molecule has 3 rings (SSSR count). The number of halogens is 1. The predicted octanol–water partition coefficient (Wildman–Crippen LogP) is 1.50. The van der Waals surface area contributed by atoms with Crippen molar-refractivity contribution in [1.29, 1.82) is 0 Å². The molecule has 2 aliphatic rings. The third-order valence-corrected chi connectivity index (χ3v) is 3.74. The van der Waals surface area contributed by atoms with E-state index in [9.17, 15) is 4.79 Å². The average Bonchev–Trinajstić information content (AvgIpc) is 2.47. The van der Waals surface area contributed by atoms with Crippen LogP contribution in [0.25, 0.3) is 0 Å². The number of carbonyl (C=O) groups is 1. The number of nitrogens with one attached hydrogen (secondary N) is 2. The van der Waals surface area contributed by atoms with Gasteiger partial charge in [0.2, 0.25) is 6.10 Å². The summed E-state index contributed by atoms with van der Waals surface area (Å²) < 4.78 is 11.5. The summed E-state index contributed by atoms with van der Waals surface area (Å²) >= 11 is 0. The Bertz CT molecular complexity index is 492. The Morgan fingerprint density at radius 1 is 1.29 bits per heavy atom. The summed E-state index contributed by atoms with van der Waals surface area (Å²) in [7, 11) is 0. The third kappa shape index (κ3) is 3.60. The molecule has 116 valence electrons. The SMILES string of the molecule is CC1Oc2ccccc2OC1C(=O)NC1CCCNC1.Cl. The number of piperidine rings is 1. The standard InChI is InChI=1S/C15H20N2O3.ClH/c1-10-14(15(18)17-11-5-4-8-16-9-11)20-13-7-3-2-6-12(13)19-10;/h2-3,6-7,10-11,14,16H,4-5,8-9H2,1H3,(H,17,18);1H. The van der Waals surface area contributed by atoms with Gasteiger partial charge in [-0.1, -0.05) is 12.1 Å². The van der Waals surface area contributed by atoms with Crippen molar-refractivity contribution < 1.29 is 14.3 Å². The quantitative estimate of drug-likeness (QED) is 0.869. The van der Waals surface area contributed by atoms with Crippen LogP contribution in [-0.4, -0.2) is 37.2 Å². The Balaban J connectivity index is 0.00000161. The summed E-state index contributed by atoms with van der Waals surface area (Å²) in [5.74, 6) is 1.23. The topological polar surface area (TPSA) is 59.6 Å². The molecule has 2 N–H and O–H groups in total. The van der Waals surface area contributed by atoms with Crippen molar-refractivity contribution in [3.63, 3.8) is 0 Å². The van der Waals surface area contributed by atoms with E-state index in [-0.39, 0.29) is 30.5 Å². The van der Waals surface area contributed by atoms with Crippen LogP contribution >= 0.6 is 12.4 Å². The summed E-state index contributed by atoms with van der Waals surface area (Å²) in [5.41, 5.74) is 0. The Kier molecular flexibility index (Phi) is 5.31. The van der Waals surface area contributed by atoms with Crippen LogP contribution in [0, 0.1) is 0 Å². The molecule has 2 heterocycles. The van der Waals surface area contributed by atoms with Gasteiger partial charge in [-0.25, -0.2) is 0 Å². The molecule has 3 atom stereocenters. The minimum Gasteiger partial charge on any atom is -0.482 e. The second-order valence-electron chi connectivity index (χ2n) is 5.36. The number of hydrogen-bond donors (Lipinski definition) is 2. The van der Waals surface area contributed by atoms with Crippen LogP contribution in [0.5, 0.6) is 11.5 Å². The number of rotatable bonds is 2. The molecule has 21 heavy (non-hydrogen) atoms. The van der Waals surface area contributed by atoms with E-state index in [1.807, 2.05) is 31.2 Å². The molecule has 1 amide bonds. The van der Waals surface area contributed by atoms with Crippen LogP contribution in [0.4, 0.5) is 0 Å². The minimum atomic E-state index is -0.591. The summed E-state index contributed by atoms with van der Waals surface area (Å²) in [6.07, 6.45) is 1.22. The van der Waals surface area contributed by atoms with E-state index in [1.54, 1.807) is 0 Å². The summed E-state index contributed by atoms with van der Waals surface area (Å²) in [6.45, 7) is 3.71. The van der Waals surface area contributed by atoms with Crippen LogP contribution in [0.15, 0.2) is 24.3 Å². The molecule has 1 aromatic rings. The monoisotopic (exact) mass is 312 g/mol. The molecule has 0 spiro atoms. The number of ether oxygens (including phenoxy) is 2. The van der Waals surface area contributed by atoms with Gasteiger partial charge in [0, 0.05) is 12.6 Å². The van der Waals surface area contributed by atoms with Gasteiger partial charge < -0.3 is 20.1 Å². The van der Waals surface area contributed by atoms with Crippen LogP contribution in [-0.2, 0) is 4.79 Å². The van der Waals surface area contributed by atoms with E-state index in [0.29, 0.717) is 11.5 Å². The molecule has 6 heteroatoms. The Morgan fingerprint density at radius 3 is 2.67 bits per heavy atom. The van der Waals surface area contributed by atoms with Gasteiger partial charge in [-0.15, -0.1) is 12.4 Å². The van der Waals surface area contributed by atoms with Gasteiger partial charge in [-0.2, -0.15) is 0 Å².